The van der Waals surface area contributed by atoms with Crippen molar-refractivity contribution in [2.24, 2.45) is 5.92 Å². The Morgan fingerprint density at radius 2 is 1.83 bits per heavy atom. The highest BCUT2D eigenvalue weighted by Crippen LogP contribution is 2.31. The van der Waals surface area contributed by atoms with Gasteiger partial charge >= 0.3 is 0 Å². The van der Waals surface area contributed by atoms with Gasteiger partial charge in [-0.25, -0.2) is 0 Å². The van der Waals surface area contributed by atoms with E-state index < -0.39 is 0 Å². The van der Waals surface area contributed by atoms with Gasteiger partial charge in [0.05, 0.1) is 11.6 Å². The second kappa shape index (κ2) is 9.98. The first-order valence-electron chi connectivity index (χ1n) is 10.3. The third kappa shape index (κ3) is 5.25. The van der Waals surface area contributed by atoms with E-state index in [0.29, 0.717) is 6.54 Å². The first-order valence-corrected chi connectivity index (χ1v) is 12.3. The highest BCUT2D eigenvalue weighted by Gasteiger charge is 2.35. The molecule has 5 nitrogen and oxygen atoms in total. The predicted octanol–water partition coefficient (Wildman–Crippen LogP) is 4.03. The Kier molecular flexibility index (Phi) is 7.12. The van der Waals surface area contributed by atoms with Crippen LogP contribution in [0.4, 0.5) is 11.4 Å². The molecule has 1 atom stereocenters. The fourth-order valence-corrected chi connectivity index (χ4v) is 5.38. The van der Waals surface area contributed by atoms with Crippen LogP contribution in [0.1, 0.15) is 12.0 Å². The third-order valence-electron chi connectivity index (χ3n) is 5.68. The molecule has 2 aromatic carbocycles. The molecule has 158 valence electrons. The number of amides is 2. The van der Waals surface area contributed by atoms with Crippen molar-refractivity contribution in [1.29, 1.82) is 0 Å². The topological polar surface area (TPSA) is 52.7 Å². The summed E-state index contributed by atoms with van der Waals surface area (Å²) in [6.45, 7) is 3.84. The summed E-state index contributed by atoms with van der Waals surface area (Å²) in [6, 6.07) is 15.7. The lowest BCUT2D eigenvalue weighted by atomic mass is 10.1. The molecule has 2 aliphatic heterocycles. The number of hydrogen-bond acceptors (Lipinski definition) is 4. The van der Waals surface area contributed by atoms with Gasteiger partial charge in [-0.15, -0.1) is 0 Å². The zero-order valence-corrected chi connectivity index (χ0v) is 19.3. The summed E-state index contributed by atoms with van der Waals surface area (Å²) in [5.74, 6) is 1.99. The van der Waals surface area contributed by atoms with Crippen LogP contribution >= 0.6 is 27.7 Å². The smallest absolute Gasteiger partial charge is 0.229 e. The molecule has 0 bridgehead atoms. The van der Waals surface area contributed by atoms with E-state index in [1.54, 1.807) is 4.90 Å². The van der Waals surface area contributed by atoms with Gasteiger partial charge in [-0.2, -0.15) is 11.8 Å². The van der Waals surface area contributed by atoms with Crippen molar-refractivity contribution in [3.8, 4) is 0 Å². The lowest BCUT2D eigenvalue weighted by molar-refractivity contribution is -0.122. The number of thioether (sulfide) groups is 1. The molecule has 2 aromatic rings. The van der Waals surface area contributed by atoms with Gasteiger partial charge in [0.2, 0.25) is 11.8 Å². The van der Waals surface area contributed by atoms with Crippen molar-refractivity contribution in [1.82, 2.24) is 4.90 Å². The largest absolute Gasteiger partial charge is 0.326 e. The molecule has 0 radical (unpaired) electrons. The SMILES string of the molecule is O=C(Nc1ccc(CCN2CCSCC2)cc1)C1CC(=O)N(c2ccccc2Br)C1. The van der Waals surface area contributed by atoms with Crippen molar-refractivity contribution in [2.45, 2.75) is 12.8 Å². The number of benzene rings is 2. The van der Waals surface area contributed by atoms with Crippen LogP contribution in [0, 0.1) is 5.92 Å². The summed E-state index contributed by atoms with van der Waals surface area (Å²) in [5, 5.41) is 2.98. The molecule has 7 heteroatoms. The maximum atomic E-state index is 12.7. The minimum absolute atomic E-state index is 0.0199. The molecule has 2 fully saturated rings. The predicted molar refractivity (Wildman–Crippen MR) is 127 cm³/mol. The van der Waals surface area contributed by atoms with Crippen LogP contribution < -0.4 is 10.2 Å². The number of carbonyl (C=O) groups excluding carboxylic acids is 2. The summed E-state index contributed by atoms with van der Waals surface area (Å²) < 4.78 is 0.860. The van der Waals surface area contributed by atoms with E-state index in [0.717, 1.165) is 28.8 Å². The summed E-state index contributed by atoms with van der Waals surface area (Å²) >= 11 is 5.52. The molecule has 30 heavy (non-hydrogen) atoms. The average molecular weight is 488 g/mol. The number of halogens is 1. The van der Waals surface area contributed by atoms with E-state index >= 15 is 0 Å². The summed E-state index contributed by atoms with van der Waals surface area (Å²) in [4.78, 5) is 29.4. The van der Waals surface area contributed by atoms with Gasteiger partial charge < -0.3 is 15.1 Å². The quantitative estimate of drug-likeness (QED) is 0.667. The van der Waals surface area contributed by atoms with Gasteiger partial charge in [0.1, 0.15) is 0 Å². The lowest BCUT2D eigenvalue weighted by Gasteiger charge is -2.26. The standard InChI is InChI=1S/C23H26BrN3O2S/c24-20-3-1-2-4-21(20)27-16-18(15-22(27)28)23(29)25-19-7-5-17(6-8-19)9-10-26-11-13-30-14-12-26/h1-8,18H,9-16H2,(H,25,29). The van der Waals surface area contributed by atoms with Crippen molar-refractivity contribution in [3.63, 3.8) is 0 Å². The number of nitrogens with one attached hydrogen (secondary N) is 1. The Morgan fingerprint density at radius 3 is 2.57 bits per heavy atom. The number of rotatable bonds is 6. The molecule has 1 N–H and O–H groups in total. The van der Waals surface area contributed by atoms with Crippen LogP contribution in [-0.4, -0.2) is 54.4 Å². The molecular weight excluding hydrogens is 462 g/mol. The van der Waals surface area contributed by atoms with Crippen LogP contribution in [0.5, 0.6) is 0 Å². The molecule has 4 rings (SSSR count). The highest BCUT2D eigenvalue weighted by molar-refractivity contribution is 9.10. The molecular formula is C23H26BrN3O2S. The van der Waals surface area contributed by atoms with E-state index in [2.05, 4.69) is 38.3 Å². The minimum Gasteiger partial charge on any atom is -0.326 e. The highest BCUT2D eigenvalue weighted by atomic mass is 79.9. The number of carbonyl (C=O) groups is 2. The van der Waals surface area contributed by atoms with E-state index in [9.17, 15) is 9.59 Å². The second-order valence-electron chi connectivity index (χ2n) is 7.75. The van der Waals surface area contributed by atoms with Gasteiger partial charge in [0, 0.05) is 54.3 Å². The van der Waals surface area contributed by atoms with Gasteiger partial charge in [0.15, 0.2) is 0 Å². The first-order chi connectivity index (χ1) is 14.6. The van der Waals surface area contributed by atoms with Crippen molar-refractivity contribution in [2.75, 3.05) is 47.9 Å². The monoisotopic (exact) mass is 487 g/mol. The van der Waals surface area contributed by atoms with Gasteiger partial charge in [0.25, 0.3) is 0 Å². The van der Waals surface area contributed by atoms with Crippen LogP contribution in [0.15, 0.2) is 53.0 Å². The Balaban J connectivity index is 1.30. The fourth-order valence-electron chi connectivity index (χ4n) is 3.90. The molecule has 2 amide bonds. The average Bonchev–Trinajstić information content (AvgIpc) is 3.16. The molecule has 2 heterocycles. The normalized spacial score (nSPS) is 19.8. The van der Waals surface area contributed by atoms with E-state index in [-0.39, 0.29) is 24.2 Å². The molecule has 2 aliphatic rings. The fraction of sp³-hybridized carbons (Fsp3) is 0.391. The van der Waals surface area contributed by atoms with Crippen LogP contribution in [0.2, 0.25) is 0 Å². The maximum absolute atomic E-state index is 12.7. The lowest BCUT2D eigenvalue weighted by Crippen LogP contribution is -2.34. The van der Waals surface area contributed by atoms with E-state index in [1.807, 2.05) is 48.2 Å². The van der Waals surface area contributed by atoms with Crippen molar-refractivity contribution in [3.05, 3.63) is 58.6 Å². The van der Waals surface area contributed by atoms with Crippen molar-refractivity contribution < 1.29 is 9.59 Å². The van der Waals surface area contributed by atoms with Gasteiger partial charge in [-0.05, 0) is 52.2 Å². The molecule has 1 unspecified atom stereocenters. The summed E-state index contributed by atoms with van der Waals surface area (Å²) in [7, 11) is 0. The van der Waals surface area contributed by atoms with Crippen molar-refractivity contribution >= 4 is 50.9 Å². The first kappa shape index (κ1) is 21.4. The number of hydrogen-bond donors (Lipinski definition) is 1. The molecule has 0 saturated carbocycles. The molecule has 0 spiro atoms. The van der Waals surface area contributed by atoms with Crippen LogP contribution in [-0.2, 0) is 16.0 Å². The number of para-hydroxylation sites is 1. The summed E-state index contributed by atoms with van der Waals surface area (Å²) in [5.41, 5.74) is 2.88. The third-order valence-corrected chi connectivity index (χ3v) is 7.29. The van der Waals surface area contributed by atoms with Gasteiger partial charge in [-0.3, -0.25) is 9.59 Å². The molecule has 0 aliphatic carbocycles. The van der Waals surface area contributed by atoms with Crippen LogP contribution in [0.3, 0.4) is 0 Å². The Hall–Kier alpha value is -1.83. The maximum Gasteiger partial charge on any atom is 0.229 e. The minimum atomic E-state index is -0.346. The Morgan fingerprint density at radius 1 is 1.10 bits per heavy atom. The molecule has 2 saturated heterocycles. The van der Waals surface area contributed by atoms with E-state index in [1.165, 1.54) is 30.2 Å². The zero-order valence-electron chi connectivity index (χ0n) is 16.9. The van der Waals surface area contributed by atoms with Crippen LogP contribution in [0.25, 0.3) is 0 Å². The second-order valence-corrected chi connectivity index (χ2v) is 9.83. The molecule has 0 aromatic heterocycles. The number of nitrogens with zero attached hydrogens (tertiary/aromatic N) is 2. The Bertz CT molecular complexity index is 900. The van der Waals surface area contributed by atoms with E-state index in [4.69, 9.17) is 0 Å². The Labute approximate surface area is 190 Å². The zero-order chi connectivity index (χ0) is 20.9. The van der Waals surface area contributed by atoms with Gasteiger partial charge in [-0.1, -0.05) is 24.3 Å². The number of anilines is 2. The summed E-state index contributed by atoms with van der Waals surface area (Å²) in [6.07, 6.45) is 1.26.